The summed E-state index contributed by atoms with van der Waals surface area (Å²) in [4.78, 5) is 0. The van der Waals surface area contributed by atoms with Crippen molar-refractivity contribution in [2.45, 2.75) is 111 Å². The Labute approximate surface area is 198 Å². The summed E-state index contributed by atoms with van der Waals surface area (Å²) in [6, 6.07) is 0. The Hall–Kier alpha value is -0.0100. The summed E-state index contributed by atoms with van der Waals surface area (Å²) in [6.45, 7) is 13.4. The minimum atomic E-state index is 0.408. The van der Waals surface area contributed by atoms with Gasteiger partial charge in [0, 0.05) is 5.88 Å². The van der Waals surface area contributed by atoms with Crippen LogP contribution in [-0.4, -0.2) is 18.6 Å². The molecule has 0 radical (unpaired) electrons. The third-order valence-corrected chi connectivity index (χ3v) is 10.8. The Morgan fingerprint density at radius 3 is 2.58 bits per heavy atom. The van der Waals surface area contributed by atoms with Crippen LogP contribution in [0, 0.1) is 46.3 Å². The Morgan fingerprint density at radius 2 is 1.84 bits per heavy atom. The fourth-order valence-corrected chi connectivity index (χ4v) is 9.09. The standard InChI is InChI=1S/C29H49ClO/c1-20(2)7-6-8-21(3)25-11-12-26-24-10-9-22-19-23(31-18-17-30)13-15-28(22,4)27(24)14-16-29(25,26)5/h9,20-21,23-27H,6-8,10-19H2,1-5H3/t21-,23-,24+,25-,26+,27+,28+,29-/m1/s1. The van der Waals surface area contributed by atoms with E-state index in [9.17, 15) is 0 Å². The molecule has 0 spiro atoms. The van der Waals surface area contributed by atoms with Crippen LogP contribution in [0.5, 0.6) is 0 Å². The Balaban J connectivity index is 1.45. The monoisotopic (exact) mass is 448 g/mol. The normalized spacial score (nSPS) is 43.2. The second kappa shape index (κ2) is 9.69. The van der Waals surface area contributed by atoms with Crippen molar-refractivity contribution in [3.8, 4) is 0 Å². The lowest BCUT2D eigenvalue weighted by Gasteiger charge is -2.58. The number of rotatable bonds is 8. The van der Waals surface area contributed by atoms with Gasteiger partial charge in [0.15, 0.2) is 0 Å². The average Bonchev–Trinajstić information content (AvgIpc) is 3.09. The molecule has 31 heavy (non-hydrogen) atoms. The first kappa shape index (κ1) is 24.1. The SMILES string of the molecule is CC(C)CCC[C@@H](C)[C@H]1CC[C@H]2[C@@H]3CC=C4C[C@H](OCCCl)CC[C@]4(C)[C@H]3CC[C@]12C. The highest BCUT2D eigenvalue weighted by Crippen LogP contribution is 2.67. The molecule has 1 nitrogen and oxygen atoms in total. The second-order valence-electron chi connectivity index (χ2n) is 12.7. The maximum absolute atomic E-state index is 6.06. The molecule has 0 saturated heterocycles. The molecule has 4 aliphatic carbocycles. The molecule has 8 atom stereocenters. The topological polar surface area (TPSA) is 9.23 Å². The molecule has 0 aliphatic heterocycles. The van der Waals surface area contributed by atoms with Crippen LogP contribution >= 0.6 is 11.6 Å². The molecule has 0 bridgehead atoms. The molecule has 178 valence electrons. The van der Waals surface area contributed by atoms with Crippen LogP contribution in [0.25, 0.3) is 0 Å². The maximum Gasteiger partial charge on any atom is 0.0613 e. The molecule has 0 heterocycles. The molecule has 0 amide bonds. The highest BCUT2D eigenvalue weighted by molar-refractivity contribution is 6.17. The zero-order valence-electron chi connectivity index (χ0n) is 21.1. The molecule has 4 aliphatic rings. The number of allylic oxidation sites excluding steroid dienone is 1. The zero-order chi connectivity index (χ0) is 22.2. The van der Waals surface area contributed by atoms with E-state index in [1.54, 1.807) is 5.57 Å². The Bertz CT molecular complexity index is 641. The van der Waals surface area contributed by atoms with E-state index in [1.807, 2.05) is 0 Å². The maximum atomic E-state index is 6.06. The van der Waals surface area contributed by atoms with Crippen LogP contribution in [0.15, 0.2) is 11.6 Å². The van der Waals surface area contributed by atoms with Crippen molar-refractivity contribution in [3.63, 3.8) is 0 Å². The first-order valence-electron chi connectivity index (χ1n) is 13.7. The van der Waals surface area contributed by atoms with E-state index in [2.05, 4.69) is 40.7 Å². The van der Waals surface area contributed by atoms with Gasteiger partial charge in [-0.3, -0.25) is 0 Å². The van der Waals surface area contributed by atoms with Gasteiger partial charge in [0.05, 0.1) is 12.7 Å². The molecular weight excluding hydrogens is 400 g/mol. The summed E-state index contributed by atoms with van der Waals surface area (Å²) in [5, 5.41) is 0. The summed E-state index contributed by atoms with van der Waals surface area (Å²) >= 11 is 5.88. The smallest absolute Gasteiger partial charge is 0.0613 e. The third kappa shape index (κ3) is 4.53. The predicted octanol–water partition coefficient (Wildman–Crippen LogP) is 8.65. The predicted molar refractivity (Wildman–Crippen MR) is 134 cm³/mol. The number of hydrogen-bond acceptors (Lipinski definition) is 1. The molecule has 0 N–H and O–H groups in total. The number of halogens is 1. The molecule has 0 aromatic rings. The summed E-state index contributed by atoms with van der Waals surface area (Å²) in [7, 11) is 0. The fraction of sp³-hybridized carbons (Fsp3) is 0.931. The third-order valence-electron chi connectivity index (χ3n) is 10.7. The Morgan fingerprint density at radius 1 is 1.03 bits per heavy atom. The van der Waals surface area contributed by atoms with Gasteiger partial charge in [-0.2, -0.15) is 0 Å². The van der Waals surface area contributed by atoms with Crippen molar-refractivity contribution in [2.75, 3.05) is 12.5 Å². The van der Waals surface area contributed by atoms with E-state index in [4.69, 9.17) is 16.3 Å². The summed E-state index contributed by atoms with van der Waals surface area (Å²) in [5.74, 6) is 6.15. The lowest BCUT2D eigenvalue weighted by atomic mass is 9.47. The van der Waals surface area contributed by atoms with E-state index in [0.717, 1.165) is 41.9 Å². The number of fused-ring (bicyclic) bond motifs is 5. The lowest BCUT2D eigenvalue weighted by Crippen LogP contribution is -2.51. The van der Waals surface area contributed by atoms with Crippen molar-refractivity contribution >= 4 is 11.6 Å². The van der Waals surface area contributed by atoms with Gasteiger partial charge >= 0.3 is 0 Å². The quantitative estimate of drug-likeness (QED) is 0.266. The summed E-state index contributed by atoms with van der Waals surface area (Å²) in [6.07, 6.45) is 18.4. The van der Waals surface area contributed by atoms with Crippen LogP contribution < -0.4 is 0 Å². The molecule has 3 saturated carbocycles. The van der Waals surface area contributed by atoms with Gasteiger partial charge in [-0.25, -0.2) is 0 Å². The van der Waals surface area contributed by atoms with Gasteiger partial charge in [-0.15, -0.1) is 11.6 Å². The minimum absolute atomic E-state index is 0.408. The van der Waals surface area contributed by atoms with E-state index in [0.29, 0.717) is 29.4 Å². The molecule has 4 rings (SSSR count). The van der Waals surface area contributed by atoms with Crippen LogP contribution in [0.4, 0.5) is 0 Å². The van der Waals surface area contributed by atoms with Gasteiger partial charge < -0.3 is 4.74 Å². The highest BCUT2D eigenvalue weighted by atomic mass is 35.5. The van der Waals surface area contributed by atoms with Crippen molar-refractivity contribution in [1.29, 1.82) is 0 Å². The molecule has 0 aromatic heterocycles. The van der Waals surface area contributed by atoms with E-state index in [1.165, 1.54) is 64.2 Å². The van der Waals surface area contributed by atoms with Crippen molar-refractivity contribution < 1.29 is 4.74 Å². The average molecular weight is 449 g/mol. The van der Waals surface area contributed by atoms with Gasteiger partial charge in [0.2, 0.25) is 0 Å². The fourth-order valence-electron chi connectivity index (χ4n) is 9.01. The van der Waals surface area contributed by atoms with Crippen LogP contribution in [0.3, 0.4) is 0 Å². The molecular formula is C29H49ClO. The van der Waals surface area contributed by atoms with Gasteiger partial charge in [-0.1, -0.05) is 65.5 Å². The van der Waals surface area contributed by atoms with E-state index in [-0.39, 0.29) is 0 Å². The lowest BCUT2D eigenvalue weighted by molar-refractivity contribution is -0.0629. The minimum Gasteiger partial charge on any atom is -0.377 e. The summed E-state index contributed by atoms with van der Waals surface area (Å²) in [5.41, 5.74) is 2.77. The van der Waals surface area contributed by atoms with Crippen LogP contribution in [0.1, 0.15) is 105 Å². The Kier molecular flexibility index (Phi) is 7.54. The van der Waals surface area contributed by atoms with Crippen molar-refractivity contribution in [1.82, 2.24) is 0 Å². The second-order valence-corrected chi connectivity index (χ2v) is 13.1. The van der Waals surface area contributed by atoms with Gasteiger partial charge in [0.25, 0.3) is 0 Å². The first-order chi connectivity index (χ1) is 14.8. The van der Waals surface area contributed by atoms with Crippen molar-refractivity contribution in [3.05, 3.63) is 11.6 Å². The molecule has 2 heteroatoms. The zero-order valence-corrected chi connectivity index (χ0v) is 21.9. The number of alkyl halides is 1. The van der Waals surface area contributed by atoms with Gasteiger partial charge in [0.1, 0.15) is 0 Å². The summed E-state index contributed by atoms with van der Waals surface area (Å²) < 4.78 is 6.06. The van der Waals surface area contributed by atoms with Crippen LogP contribution in [0.2, 0.25) is 0 Å². The molecule has 0 aromatic carbocycles. The van der Waals surface area contributed by atoms with Gasteiger partial charge in [-0.05, 0) is 97.7 Å². The number of hydrogen-bond donors (Lipinski definition) is 0. The first-order valence-corrected chi connectivity index (χ1v) is 14.2. The highest BCUT2D eigenvalue weighted by Gasteiger charge is 2.59. The van der Waals surface area contributed by atoms with E-state index < -0.39 is 0 Å². The molecule has 3 fully saturated rings. The number of ether oxygens (including phenoxy) is 1. The van der Waals surface area contributed by atoms with Crippen molar-refractivity contribution in [2.24, 2.45) is 46.3 Å². The largest absolute Gasteiger partial charge is 0.377 e. The van der Waals surface area contributed by atoms with E-state index >= 15 is 0 Å². The molecule has 0 unspecified atom stereocenters. The van der Waals surface area contributed by atoms with Crippen LogP contribution in [-0.2, 0) is 4.74 Å².